The summed E-state index contributed by atoms with van der Waals surface area (Å²) in [7, 11) is 0. The molecule has 1 fully saturated rings. The molecule has 1 aliphatic rings. The molecule has 0 aromatic carbocycles. The van der Waals surface area contributed by atoms with E-state index in [0.717, 1.165) is 18.9 Å². The van der Waals surface area contributed by atoms with Gasteiger partial charge in [0.2, 0.25) is 0 Å². The maximum atomic E-state index is 9.39. The molecule has 1 rings (SSSR count). The van der Waals surface area contributed by atoms with Gasteiger partial charge in [-0.3, -0.25) is 0 Å². The van der Waals surface area contributed by atoms with Crippen molar-refractivity contribution in [2.75, 3.05) is 26.2 Å². The summed E-state index contributed by atoms with van der Waals surface area (Å²) in [6.07, 6.45) is 5.11. The van der Waals surface area contributed by atoms with Crippen LogP contribution in [-0.4, -0.2) is 36.2 Å². The van der Waals surface area contributed by atoms with E-state index >= 15 is 0 Å². The zero-order valence-corrected chi connectivity index (χ0v) is 10.6. The molecule has 0 aromatic rings. The fraction of sp³-hybridized carbons (Fsp3) is 1.00. The lowest BCUT2D eigenvalue weighted by Gasteiger charge is -2.31. The topological polar surface area (TPSA) is 23.5 Å². The van der Waals surface area contributed by atoms with Gasteiger partial charge in [0.15, 0.2) is 0 Å². The number of hydrogen-bond donors (Lipinski definition) is 1. The highest BCUT2D eigenvalue weighted by atomic mass is 16.3. The first-order valence-electron chi connectivity index (χ1n) is 6.46. The average Bonchev–Trinajstić information content (AvgIpc) is 2.66. The third kappa shape index (κ3) is 3.76. The summed E-state index contributed by atoms with van der Waals surface area (Å²) in [5, 5.41) is 9.39. The van der Waals surface area contributed by atoms with Crippen LogP contribution in [0.1, 0.15) is 46.5 Å². The molecule has 2 nitrogen and oxygen atoms in total. The standard InChI is InChI=1S/C13H27NO/c1-4-6-12-7-8-14(9-12)10-13(3,5-2)11-15/h12,15H,4-11H2,1-3H3. The van der Waals surface area contributed by atoms with Gasteiger partial charge in [-0.2, -0.15) is 0 Å². The summed E-state index contributed by atoms with van der Waals surface area (Å²) in [6.45, 7) is 10.5. The number of nitrogens with zero attached hydrogens (tertiary/aromatic N) is 1. The van der Waals surface area contributed by atoms with Crippen LogP contribution in [0, 0.1) is 11.3 Å². The Labute approximate surface area is 94.7 Å². The van der Waals surface area contributed by atoms with Crippen molar-refractivity contribution < 1.29 is 5.11 Å². The smallest absolute Gasteiger partial charge is 0.0496 e. The fourth-order valence-corrected chi connectivity index (χ4v) is 2.51. The maximum absolute atomic E-state index is 9.39. The van der Waals surface area contributed by atoms with E-state index in [-0.39, 0.29) is 5.41 Å². The molecule has 2 unspecified atom stereocenters. The van der Waals surface area contributed by atoms with Crippen LogP contribution < -0.4 is 0 Å². The van der Waals surface area contributed by atoms with Crippen molar-refractivity contribution in [2.45, 2.75) is 46.5 Å². The number of hydrogen-bond acceptors (Lipinski definition) is 2. The zero-order chi connectivity index (χ0) is 11.3. The van der Waals surface area contributed by atoms with E-state index in [9.17, 15) is 5.11 Å². The number of aliphatic hydroxyl groups is 1. The van der Waals surface area contributed by atoms with Gasteiger partial charge in [-0.1, -0.05) is 27.2 Å². The quantitative estimate of drug-likeness (QED) is 0.733. The molecule has 0 aromatic heterocycles. The lowest BCUT2D eigenvalue weighted by atomic mass is 9.88. The van der Waals surface area contributed by atoms with E-state index in [0.29, 0.717) is 6.61 Å². The third-order valence-corrected chi connectivity index (χ3v) is 3.91. The van der Waals surface area contributed by atoms with Crippen molar-refractivity contribution in [3.8, 4) is 0 Å². The van der Waals surface area contributed by atoms with Gasteiger partial charge >= 0.3 is 0 Å². The van der Waals surface area contributed by atoms with Crippen LogP contribution in [0.2, 0.25) is 0 Å². The molecule has 0 bridgehead atoms. The Morgan fingerprint density at radius 2 is 2.13 bits per heavy atom. The molecule has 1 saturated heterocycles. The highest BCUT2D eigenvalue weighted by molar-refractivity contribution is 4.82. The Morgan fingerprint density at radius 1 is 1.40 bits per heavy atom. The Kier molecular flexibility index (Phi) is 5.07. The lowest BCUT2D eigenvalue weighted by molar-refractivity contribution is 0.0932. The molecular weight excluding hydrogens is 186 g/mol. The Bertz CT molecular complexity index is 177. The van der Waals surface area contributed by atoms with Crippen molar-refractivity contribution in [3.63, 3.8) is 0 Å². The average molecular weight is 213 g/mol. The second-order valence-electron chi connectivity index (χ2n) is 5.50. The molecule has 15 heavy (non-hydrogen) atoms. The second-order valence-corrected chi connectivity index (χ2v) is 5.50. The predicted molar refractivity (Wildman–Crippen MR) is 64.9 cm³/mol. The molecule has 0 aliphatic carbocycles. The van der Waals surface area contributed by atoms with Crippen molar-refractivity contribution in [1.82, 2.24) is 4.90 Å². The van der Waals surface area contributed by atoms with Gasteiger partial charge < -0.3 is 10.0 Å². The second kappa shape index (κ2) is 5.86. The minimum Gasteiger partial charge on any atom is -0.396 e. The minimum atomic E-state index is 0.112. The summed E-state index contributed by atoms with van der Waals surface area (Å²) in [5.41, 5.74) is 0.112. The first-order chi connectivity index (χ1) is 7.13. The van der Waals surface area contributed by atoms with Crippen LogP contribution in [0.5, 0.6) is 0 Å². The van der Waals surface area contributed by atoms with Crippen LogP contribution >= 0.6 is 0 Å². The predicted octanol–water partition coefficient (Wildman–Crippen LogP) is 2.52. The largest absolute Gasteiger partial charge is 0.396 e. The zero-order valence-electron chi connectivity index (χ0n) is 10.6. The molecule has 0 saturated carbocycles. The fourth-order valence-electron chi connectivity index (χ4n) is 2.51. The minimum absolute atomic E-state index is 0.112. The molecule has 0 spiro atoms. The molecule has 1 N–H and O–H groups in total. The van der Waals surface area contributed by atoms with Crippen molar-refractivity contribution >= 4 is 0 Å². The SMILES string of the molecule is CCCC1CCN(CC(C)(CC)CO)C1. The van der Waals surface area contributed by atoms with E-state index < -0.39 is 0 Å². The van der Waals surface area contributed by atoms with Gasteiger partial charge in [-0.25, -0.2) is 0 Å². The molecule has 1 aliphatic heterocycles. The normalized spacial score (nSPS) is 26.8. The van der Waals surface area contributed by atoms with E-state index in [4.69, 9.17) is 0 Å². The van der Waals surface area contributed by atoms with E-state index in [1.54, 1.807) is 0 Å². The molecule has 2 heteroatoms. The highest BCUT2D eigenvalue weighted by Crippen LogP contribution is 2.27. The molecule has 90 valence electrons. The Balaban J connectivity index is 2.34. The first-order valence-corrected chi connectivity index (χ1v) is 6.46. The van der Waals surface area contributed by atoms with Crippen molar-refractivity contribution in [1.29, 1.82) is 0 Å². The summed E-state index contributed by atoms with van der Waals surface area (Å²) < 4.78 is 0. The lowest BCUT2D eigenvalue weighted by Crippen LogP contribution is -2.36. The maximum Gasteiger partial charge on any atom is 0.0496 e. The van der Waals surface area contributed by atoms with E-state index in [1.807, 2.05) is 0 Å². The number of rotatable bonds is 6. The van der Waals surface area contributed by atoms with Gasteiger partial charge in [0.25, 0.3) is 0 Å². The first kappa shape index (κ1) is 13.0. The highest BCUT2D eigenvalue weighted by Gasteiger charge is 2.29. The Hall–Kier alpha value is -0.0800. The van der Waals surface area contributed by atoms with Gasteiger partial charge in [-0.05, 0) is 31.7 Å². The summed E-state index contributed by atoms with van der Waals surface area (Å²) in [6, 6.07) is 0. The van der Waals surface area contributed by atoms with Gasteiger partial charge in [0, 0.05) is 25.1 Å². The Morgan fingerprint density at radius 3 is 2.67 bits per heavy atom. The van der Waals surface area contributed by atoms with Crippen LogP contribution in [0.3, 0.4) is 0 Å². The summed E-state index contributed by atoms with van der Waals surface area (Å²) in [4.78, 5) is 2.54. The van der Waals surface area contributed by atoms with Crippen LogP contribution in [0.25, 0.3) is 0 Å². The number of aliphatic hydroxyl groups excluding tert-OH is 1. The van der Waals surface area contributed by atoms with E-state index in [1.165, 1.54) is 32.4 Å². The molecule has 0 amide bonds. The van der Waals surface area contributed by atoms with Gasteiger partial charge in [0.05, 0.1) is 0 Å². The summed E-state index contributed by atoms with van der Waals surface area (Å²) >= 11 is 0. The molecule has 0 radical (unpaired) electrons. The van der Waals surface area contributed by atoms with Gasteiger partial charge in [-0.15, -0.1) is 0 Å². The third-order valence-electron chi connectivity index (χ3n) is 3.91. The van der Waals surface area contributed by atoms with Crippen LogP contribution in [0.4, 0.5) is 0 Å². The number of likely N-dealkylation sites (tertiary alicyclic amines) is 1. The molecule has 2 atom stereocenters. The molecular formula is C13H27NO. The summed E-state index contributed by atoms with van der Waals surface area (Å²) in [5.74, 6) is 0.912. The van der Waals surface area contributed by atoms with E-state index in [2.05, 4.69) is 25.7 Å². The van der Waals surface area contributed by atoms with Crippen molar-refractivity contribution in [2.24, 2.45) is 11.3 Å². The van der Waals surface area contributed by atoms with Gasteiger partial charge in [0.1, 0.15) is 0 Å². The molecule has 1 heterocycles. The van der Waals surface area contributed by atoms with Crippen LogP contribution in [-0.2, 0) is 0 Å². The monoisotopic (exact) mass is 213 g/mol. The van der Waals surface area contributed by atoms with Crippen LogP contribution in [0.15, 0.2) is 0 Å². The van der Waals surface area contributed by atoms with Crippen molar-refractivity contribution in [3.05, 3.63) is 0 Å².